The van der Waals surface area contributed by atoms with E-state index in [1.807, 2.05) is 36.4 Å². The summed E-state index contributed by atoms with van der Waals surface area (Å²) in [5.41, 5.74) is 16.2. The summed E-state index contributed by atoms with van der Waals surface area (Å²) in [6.07, 6.45) is 0.876. The summed E-state index contributed by atoms with van der Waals surface area (Å²) < 4.78 is 0. The molecule has 2 aliphatic carbocycles. The maximum absolute atomic E-state index is 5.18. The second-order valence-corrected chi connectivity index (χ2v) is 15.8. The Labute approximate surface area is 339 Å². The van der Waals surface area contributed by atoms with Gasteiger partial charge >= 0.3 is 0 Å². The summed E-state index contributed by atoms with van der Waals surface area (Å²) in [7, 11) is 0. The van der Waals surface area contributed by atoms with Crippen LogP contribution in [-0.2, 0) is 17.3 Å². The first-order chi connectivity index (χ1) is 28.6. The van der Waals surface area contributed by atoms with Crippen LogP contribution in [0.2, 0.25) is 0 Å². The van der Waals surface area contributed by atoms with Crippen LogP contribution in [0.15, 0.2) is 206 Å². The summed E-state index contributed by atoms with van der Waals surface area (Å²) in [5, 5.41) is 0. The molecule has 0 bridgehead atoms. The van der Waals surface area contributed by atoms with Crippen LogP contribution in [0.5, 0.6) is 0 Å². The largest absolute Gasteiger partial charge is 0.208 e. The first-order valence-corrected chi connectivity index (χ1v) is 20.1. The molecule has 1 atom stereocenters. The molecule has 1 heterocycles. The molecule has 3 heteroatoms. The maximum atomic E-state index is 5.18. The highest BCUT2D eigenvalue weighted by molar-refractivity contribution is 5.96. The van der Waals surface area contributed by atoms with E-state index in [0.717, 1.165) is 23.1 Å². The SMILES string of the molecule is CC(Cc1ccccc1)(c1ccccc1)c1ccc2c(c1)C1(c3ccccc3-c3ccccc31)c1cc(-c3nc(-c4ccccc4)nc(-c4ccccc4)n3)ccc1-2. The molecule has 1 unspecified atom stereocenters. The molecule has 58 heavy (non-hydrogen) atoms. The number of rotatable bonds is 7. The average Bonchev–Trinajstić information content (AvgIpc) is 3.77. The molecule has 0 amide bonds. The van der Waals surface area contributed by atoms with Gasteiger partial charge in [0.25, 0.3) is 0 Å². The van der Waals surface area contributed by atoms with Gasteiger partial charge in [0.1, 0.15) is 0 Å². The molecule has 2 aliphatic rings. The molecular weight excluding hydrogens is 703 g/mol. The predicted octanol–water partition coefficient (Wildman–Crippen LogP) is 12.8. The highest BCUT2D eigenvalue weighted by atomic mass is 15.0. The number of benzene rings is 8. The van der Waals surface area contributed by atoms with Crippen LogP contribution in [0.1, 0.15) is 45.9 Å². The minimum atomic E-state index is -0.550. The lowest BCUT2D eigenvalue weighted by atomic mass is 9.67. The first-order valence-electron chi connectivity index (χ1n) is 20.1. The summed E-state index contributed by atoms with van der Waals surface area (Å²) in [5.74, 6) is 1.96. The van der Waals surface area contributed by atoms with Gasteiger partial charge in [0.05, 0.1) is 5.41 Å². The van der Waals surface area contributed by atoms with Crippen LogP contribution < -0.4 is 0 Å². The third-order valence-corrected chi connectivity index (χ3v) is 12.5. The molecule has 0 fully saturated rings. The zero-order valence-corrected chi connectivity index (χ0v) is 32.2. The van der Waals surface area contributed by atoms with E-state index in [9.17, 15) is 0 Å². The van der Waals surface area contributed by atoms with E-state index >= 15 is 0 Å². The van der Waals surface area contributed by atoms with Crippen LogP contribution >= 0.6 is 0 Å². The second-order valence-electron chi connectivity index (χ2n) is 15.8. The third kappa shape index (κ3) is 5.24. The van der Waals surface area contributed by atoms with E-state index in [4.69, 9.17) is 15.0 Å². The molecular formula is C55H39N3. The van der Waals surface area contributed by atoms with Crippen molar-refractivity contribution in [2.45, 2.75) is 24.2 Å². The Hall–Kier alpha value is -7.23. The van der Waals surface area contributed by atoms with Crippen LogP contribution in [0, 0.1) is 0 Å². The molecule has 0 aliphatic heterocycles. The quantitative estimate of drug-likeness (QED) is 0.163. The summed E-state index contributed by atoms with van der Waals surface area (Å²) >= 11 is 0. The Balaban J connectivity index is 1.16. The Morgan fingerprint density at radius 3 is 1.36 bits per heavy atom. The van der Waals surface area contributed by atoms with Gasteiger partial charge in [-0.3, -0.25) is 0 Å². The lowest BCUT2D eigenvalue weighted by Crippen LogP contribution is -2.29. The summed E-state index contributed by atoms with van der Waals surface area (Å²) in [6, 6.07) is 74.5. The van der Waals surface area contributed by atoms with Crippen molar-refractivity contribution in [1.82, 2.24) is 15.0 Å². The van der Waals surface area contributed by atoms with E-state index in [2.05, 4.69) is 177 Å². The standard InChI is InChI=1S/C55H39N3/c1-54(41-24-12-5-13-25-41,36-37-18-6-2-7-19-37)42-31-33-46-45-32-30-40(53-57-51(38-20-8-3-9-21-38)56-52(58-53)39-22-10-4-11-23-39)34-49(45)55(50(46)35-42)47-28-16-14-26-43(47)44-27-15-17-29-48(44)55/h2-35H,36H2,1H3. The van der Waals surface area contributed by atoms with Crippen molar-refractivity contribution in [3.8, 4) is 56.4 Å². The molecule has 11 rings (SSSR count). The van der Waals surface area contributed by atoms with Gasteiger partial charge in [-0.05, 0) is 73.7 Å². The van der Waals surface area contributed by atoms with Gasteiger partial charge in [0.15, 0.2) is 17.5 Å². The monoisotopic (exact) mass is 741 g/mol. The first kappa shape index (κ1) is 34.1. The van der Waals surface area contributed by atoms with Crippen molar-refractivity contribution in [3.05, 3.63) is 245 Å². The zero-order valence-electron chi connectivity index (χ0n) is 32.2. The van der Waals surface area contributed by atoms with Gasteiger partial charge in [-0.15, -0.1) is 0 Å². The summed E-state index contributed by atoms with van der Waals surface area (Å²) in [6.45, 7) is 2.41. The molecule has 1 aromatic heterocycles. The number of nitrogens with zero attached hydrogens (tertiary/aromatic N) is 3. The molecule has 9 aromatic rings. The van der Waals surface area contributed by atoms with Crippen LogP contribution in [-0.4, -0.2) is 15.0 Å². The predicted molar refractivity (Wildman–Crippen MR) is 235 cm³/mol. The minimum absolute atomic E-state index is 0.289. The van der Waals surface area contributed by atoms with E-state index in [1.165, 1.54) is 61.2 Å². The smallest absolute Gasteiger partial charge is 0.164 e. The van der Waals surface area contributed by atoms with Crippen molar-refractivity contribution in [1.29, 1.82) is 0 Å². The topological polar surface area (TPSA) is 38.7 Å². The fraction of sp³-hybridized carbons (Fsp3) is 0.0727. The molecule has 0 saturated heterocycles. The van der Waals surface area contributed by atoms with E-state index in [1.54, 1.807) is 0 Å². The van der Waals surface area contributed by atoms with Gasteiger partial charge in [-0.1, -0.05) is 207 Å². The van der Waals surface area contributed by atoms with Crippen LogP contribution in [0.25, 0.3) is 56.4 Å². The van der Waals surface area contributed by atoms with Crippen LogP contribution in [0.3, 0.4) is 0 Å². The Kier molecular flexibility index (Phi) is 7.90. The lowest BCUT2D eigenvalue weighted by molar-refractivity contribution is 0.566. The third-order valence-electron chi connectivity index (χ3n) is 12.5. The van der Waals surface area contributed by atoms with Crippen molar-refractivity contribution in [3.63, 3.8) is 0 Å². The van der Waals surface area contributed by atoms with Crippen molar-refractivity contribution >= 4 is 0 Å². The average molecular weight is 742 g/mol. The van der Waals surface area contributed by atoms with Gasteiger partial charge in [-0.2, -0.15) is 0 Å². The van der Waals surface area contributed by atoms with E-state index in [0.29, 0.717) is 17.5 Å². The summed E-state index contributed by atoms with van der Waals surface area (Å²) in [4.78, 5) is 15.4. The van der Waals surface area contributed by atoms with Crippen LogP contribution in [0.4, 0.5) is 0 Å². The second kappa shape index (κ2) is 13.5. The van der Waals surface area contributed by atoms with Crippen molar-refractivity contribution in [2.24, 2.45) is 0 Å². The number of hydrogen-bond donors (Lipinski definition) is 0. The normalized spacial score (nSPS) is 13.9. The molecule has 1 spiro atoms. The Bertz CT molecular complexity index is 2870. The fourth-order valence-electron chi connectivity index (χ4n) is 9.74. The highest BCUT2D eigenvalue weighted by Gasteiger charge is 2.52. The number of aromatic nitrogens is 3. The molecule has 3 nitrogen and oxygen atoms in total. The number of fused-ring (bicyclic) bond motifs is 10. The van der Waals surface area contributed by atoms with E-state index in [-0.39, 0.29) is 5.41 Å². The highest BCUT2D eigenvalue weighted by Crippen LogP contribution is 2.63. The Morgan fingerprint density at radius 1 is 0.362 bits per heavy atom. The molecule has 8 aromatic carbocycles. The maximum Gasteiger partial charge on any atom is 0.164 e. The van der Waals surface area contributed by atoms with Gasteiger partial charge in [-0.25, -0.2) is 15.0 Å². The molecule has 0 N–H and O–H groups in total. The van der Waals surface area contributed by atoms with Crippen molar-refractivity contribution in [2.75, 3.05) is 0 Å². The van der Waals surface area contributed by atoms with Gasteiger partial charge in [0.2, 0.25) is 0 Å². The minimum Gasteiger partial charge on any atom is -0.208 e. The van der Waals surface area contributed by atoms with Crippen molar-refractivity contribution < 1.29 is 0 Å². The fourth-order valence-corrected chi connectivity index (χ4v) is 9.74. The van der Waals surface area contributed by atoms with Gasteiger partial charge < -0.3 is 0 Å². The van der Waals surface area contributed by atoms with E-state index < -0.39 is 5.41 Å². The van der Waals surface area contributed by atoms with Gasteiger partial charge in [0, 0.05) is 22.1 Å². The molecule has 274 valence electrons. The molecule has 0 saturated carbocycles. The lowest BCUT2D eigenvalue weighted by Gasteiger charge is -2.34. The number of hydrogen-bond acceptors (Lipinski definition) is 3. The zero-order chi connectivity index (χ0) is 38.7. The Morgan fingerprint density at radius 2 is 0.793 bits per heavy atom. The molecule has 0 radical (unpaired) electrons.